The molecule has 0 aliphatic carbocycles. The SMILES string of the molecule is CCOc1ccc(/C=C/c2nc3cc(Cl)ccc3n2CN2CCCCC2)cc1.Cl. The second-order valence-corrected chi connectivity index (χ2v) is 7.62. The molecule has 0 saturated carbocycles. The van der Waals surface area contributed by atoms with Crippen molar-refractivity contribution >= 4 is 47.2 Å². The molecule has 2 heterocycles. The molecule has 0 atom stereocenters. The van der Waals surface area contributed by atoms with Crippen molar-refractivity contribution in [2.24, 2.45) is 0 Å². The summed E-state index contributed by atoms with van der Waals surface area (Å²) in [4.78, 5) is 7.35. The second-order valence-electron chi connectivity index (χ2n) is 7.19. The summed E-state index contributed by atoms with van der Waals surface area (Å²) in [5.41, 5.74) is 3.19. The lowest BCUT2D eigenvalue weighted by Gasteiger charge is -2.27. The molecule has 0 unspecified atom stereocenters. The summed E-state index contributed by atoms with van der Waals surface area (Å²) in [6.45, 7) is 5.83. The fraction of sp³-hybridized carbons (Fsp3) is 0.348. The van der Waals surface area contributed by atoms with Crippen molar-refractivity contribution in [1.82, 2.24) is 14.5 Å². The summed E-state index contributed by atoms with van der Waals surface area (Å²) in [7, 11) is 0. The van der Waals surface area contributed by atoms with Gasteiger partial charge in [0.05, 0.1) is 24.3 Å². The first-order valence-electron chi connectivity index (χ1n) is 10.0. The van der Waals surface area contributed by atoms with Crippen LogP contribution in [-0.4, -0.2) is 34.1 Å². The fourth-order valence-corrected chi connectivity index (χ4v) is 3.88. The van der Waals surface area contributed by atoms with Crippen LogP contribution in [0.1, 0.15) is 37.6 Å². The number of piperidine rings is 1. The molecule has 1 saturated heterocycles. The van der Waals surface area contributed by atoms with E-state index in [-0.39, 0.29) is 12.4 Å². The lowest BCUT2D eigenvalue weighted by atomic mass is 10.1. The summed E-state index contributed by atoms with van der Waals surface area (Å²) >= 11 is 6.20. The van der Waals surface area contributed by atoms with Crippen LogP contribution < -0.4 is 4.74 Å². The largest absolute Gasteiger partial charge is 0.494 e. The highest BCUT2D eigenvalue weighted by Crippen LogP contribution is 2.23. The smallest absolute Gasteiger partial charge is 0.134 e. The van der Waals surface area contributed by atoms with Gasteiger partial charge in [-0.3, -0.25) is 4.90 Å². The average molecular weight is 432 g/mol. The Bertz CT molecular complexity index is 960. The third-order valence-electron chi connectivity index (χ3n) is 5.15. The number of likely N-dealkylation sites (tertiary alicyclic amines) is 1. The number of fused-ring (bicyclic) bond motifs is 1. The van der Waals surface area contributed by atoms with E-state index in [0.717, 1.165) is 53.0 Å². The summed E-state index contributed by atoms with van der Waals surface area (Å²) in [5, 5.41) is 0.720. The Morgan fingerprint density at radius 2 is 1.79 bits per heavy atom. The molecule has 1 aromatic heterocycles. The fourth-order valence-electron chi connectivity index (χ4n) is 3.71. The highest BCUT2D eigenvalue weighted by atomic mass is 35.5. The van der Waals surface area contributed by atoms with Crippen molar-refractivity contribution in [2.75, 3.05) is 19.7 Å². The molecule has 1 aliphatic heterocycles. The molecular weight excluding hydrogens is 405 g/mol. The molecule has 2 aromatic carbocycles. The third kappa shape index (κ3) is 5.33. The standard InChI is InChI=1S/C23H26ClN3O.ClH/c1-2-28-20-10-6-18(7-11-20)8-13-23-25-21-16-19(24)9-12-22(21)27(23)17-26-14-4-3-5-15-26;/h6-13,16H,2-5,14-15,17H2,1H3;1H/b13-8+;. The number of halogens is 2. The van der Waals surface area contributed by atoms with Crippen LogP contribution in [0.15, 0.2) is 42.5 Å². The van der Waals surface area contributed by atoms with Gasteiger partial charge in [0.2, 0.25) is 0 Å². The Morgan fingerprint density at radius 1 is 1.03 bits per heavy atom. The molecule has 3 aromatic rings. The van der Waals surface area contributed by atoms with Gasteiger partial charge in [-0.05, 0) is 74.8 Å². The number of hydrogen-bond donors (Lipinski definition) is 0. The van der Waals surface area contributed by atoms with E-state index in [9.17, 15) is 0 Å². The number of rotatable bonds is 6. The quantitative estimate of drug-likeness (QED) is 0.470. The summed E-state index contributed by atoms with van der Waals surface area (Å²) in [6.07, 6.45) is 8.08. The van der Waals surface area contributed by atoms with Crippen molar-refractivity contribution in [1.29, 1.82) is 0 Å². The van der Waals surface area contributed by atoms with Crippen molar-refractivity contribution in [2.45, 2.75) is 32.9 Å². The zero-order valence-corrected chi connectivity index (χ0v) is 18.3. The number of benzene rings is 2. The molecule has 0 spiro atoms. The van der Waals surface area contributed by atoms with E-state index < -0.39 is 0 Å². The molecule has 0 radical (unpaired) electrons. The number of nitrogens with zero attached hydrogens (tertiary/aromatic N) is 3. The first kappa shape index (κ1) is 21.7. The van der Waals surface area contributed by atoms with Crippen molar-refractivity contribution in [3.63, 3.8) is 0 Å². The summed E-state index contributed by atoms with van der Waals surface area (Å²) in [6, 6.07) is 14.1. The van der Waals surface area contributed by atoms with E-state index in [4.69, 9.17) is 21.3 Å². The zero-order valence-electron chi connectivity index (χ0n) is 16.7. The van der Waals surface area contributed by atoms with Crippen LogP contribution in [0.4, 0.5) is 0 Å². The Labute approximate surface area is 183 Å². The molecule has 0 N–H and O–H groups in total. The Kier molecular flexibility index (Phi) is 7.59. The van der Waals surface area contributed by atoms with Crippen LogP contribution in [0.25, 0.3) is 23.2 Å². The monoisotopic (exact) mass is 431 g/mol. The first-order chi connectivity index (χ1) is 13.7. The molecule has 4 nitrogen and oxygen atoms in total. The minimum absolute atomic E-state index is 0. The molecule has 4 rings (SSSR count). The summed E-state index contributed by atoms with van der Waals surface area (Å²) < 4.78 is 7.81. The number of hydrogen-bond acceptors (Lipinski definition) is 3. The number of aromatic nitrogens is 2. The van der Waals surface area contributed by atoms with Crippen LogP contribution >= 0.6 is 24.0 Å². The summed E-state index contributed by atoms with van der Waals surface area (Å²) in [5.74, 6) is 1.85. The van der Waals surface area contributed by atoms with Crippen molar-refractivity contribution in [3.8, 4) is 5.75 Å². The third-order valence-corrected chi connectivity index (χ3v) is 5.38. The predicted octanol–water partition coefficient (Wildman–Crippen LogP) is 6.12. The van der Waals surface area contributed by atoms with Crippen LogP contribution in [0.2, 0.25) is 5.02 Å². The van der Waals surface area contributed by atoms with Gasteiger partial charge in [0.25, 0.3) is 0 Å². The van der Waals surface area contributed by atoms with Gasteiger partial charge >= 0.3 is 0 Å². The van der Waals surface area contributed by atoms with E-state index in [1.54, 1.807) is 0 Å². The van der Waals surface area contributed by atoms with E-state index in [0.29, 0.717) is 6.61 Å². The van der Waals surface area contributed by atoms with E-state index in [1.165, 1.54) is 19.3 Å². The van der Waals surface area contributed by atoms with Gasteiger partial charge in [0.1, 0.15) is 11.6 Å². The molecule has 29 heavy (non-hydrogen) atoms. The van der Waals surface area contributed by atoms with E-state index in [1.807, 2.05) is 31.2 Å². The van der Waals surface area contributed by atoms with Gasteiger partial charge in [0.15, 0.2) is 0 Å². The Balaban J connectivity index is 0.00000240. The highest BCUT2D eigenvalue weighted by Gasteiger charge is 2.15. The van der Waals surface area contributed by atoms with Crippen LogP contribution in [0.3, 0.4) is 0 Å². The average Bonchev–Trinajstić information content (AvgIpc) is 3.05. The van der Waals surface area contributed by atoms with Crippen LogP contribution in [0.5, 0.6) is 5.75 Å². The normalized spacial score (nSPS) is 15.0. The maximum Gasteiger partial charge on any atom is 0.134 e. The minimum atomic E-state index is 0. The molecule has 6 heteroatoms. The van der Waals surface area contributed by atoms with Gasteiger partial charge in [-0.1, -0.05) is 36.2 Å². The number of imidazole rings is 1. The van der Waals surface area contributed by atoms with Gasteiger partial charge < -0.3 is 9.30 Å². The van der Waals surface area contributed by atoms with Gasteiger partial charge in [-0.2, -0.15) is 0 Å². The molecule has 1 fully saturated rings. The maximum atomic E-state index is 6.20. The molecular formula is C23H27Cl2N3O. The van der Waals surface area contributed by atoms with Gasteiger partial charge in [0, 0.05) is 5.02 Å². The molecule has 154 valence electrons. The minimum Gasteiger partial charge on any atom is -0.494 e. The molecule has 1 aliphatic rings. The Morgan fingerprint density at radius 3 is 2.52 bits per heavy atom. The lowest BCUT2D eigenvalue weighted by molar-refractivity contribution is 0.184. The Hall–Kier alpha value is -2.01. The van der Waals surface area contributed by atoms with E-state index in [2.05, 4.69) is 39.8 Å². The van der Waals surface area contributed by atoms with Crippen LogP contribution in [0, 0.1) is 0 Å². The second kappa shape index (κ2) is 10.1. The topological polar surface area (TPSA) is 30.3 Å². The van der Waals surface area contributed by atoms with E-state index >= 15 is 0 Å². The first-order valence-corrected chi connectivity index (χ1v) is 10.4. The van der Waals surface area contributed by atoms with Crippen molar-refractivity contribution < 1.29 is 4.74 Å². The molecule has 0 bridgehead atoms. The predicted molar refractivity (Wildman–Crippen MR) is 124 cm³/mol. The maximum absolute atomic E-state index is 6.20. The van der Waals surface area contributed by atoms with Gasteiger partial charge in [-0.25, -0.2) is 4.98 Å². The van der Waals surface area contributed by atoms with Crippen LogP contribution in [-0.2, 0) is 6.67 Å². The highest BCUT2D eigenvalue weighted by molar-refractivity contribution is 6.31. The lowest BCUT2D eigenvalue weighted by Crippen LogP contribution is -2.32. The number of ether oxygens (including phenoxy) is 1. The molecule has 0 amide bonds. The van der Waals surface area contributed by atoms with Gasteiger partial charge in [-0.15, -0.1) is 12.4 Å². The van der Waals surface area contributed by atoms with Crippen molar-refractivity contribution in [3.05, 3.63) is 58.9 Å². The zero-order chi connectivity index (χ0) is 19.3.